The van der Waals surface area contributed by atoms with Gasteiger partial charge in [0.1, 0.15) is 0 Å². The predicted octanol–water partition coefficient (Wildman–Crippen LogP) is 3.25. The zero-order chi connectivity index (χ0) is 18.6. The first-order valence-electron chi connectivity index (χ1n) is 9.38. The van der Waals surface area contributed by atoms with E-state index in [1.807, 2.05) is 30.5 Å². The molecule has 0 bridgehead atoms. The molecule has 2 heterocycles. The lowest BCUT2D eigenvalue weighted by atomic mass is 9.99. The molecule has 1 atom stereocenters. The van der Waals surface area contributed by atoms with E-state index in [4.69, 9.17) is 0 Å². The highest BCUT2D eigenvalue weighted by atomic mass is 16.1. The van der Waals surface area contributed by atoms with Gasteiger partial charge in [-0.2, -0.15) is 5.10 Å². The highest BCUT2D eigenvalue weighted by Crippen LogP contribution is 2.20. The second-order valence-corrected chi connectivity index (χ2v) is 7.20. The molecule has 27 heavy (non-hydrogen) atoms. The van der Waals surface area contributed by atoms with E-state index in [2.05, 4.69) is 51.6 Å². The van der Waals surface area contributed by atoms with E-state index in [1.54, 1.807) is 6.20 Å². The monoisotopic (exact) mass is 360 g/mol. The summed E-state index contributed by atoms with van der Waals surface area (Å²) < 4.78 is 0. The molecule has 0 radical (unpaired) electrons. The minimum absolute atomic E-state index is 0.0368. The van der Waals surface area contributed by atoms with Crippen molar-refractivity contribution in [3.8, 4) is 11.1 Å². The van der Waals surface area contributed by atoms with E-state index in [-0.39, 0.29) is 11.9 Å². The van der Waals surface area contributed by atoms with Gasteiger partial charge in [0.2, 0.25) is 0 Å². The number of aromatic amines is 1. The van der Waals surface area contributed by atoms with Gasteiger partial charge in [0.15, 0.2) is 0 Å². The van der Waals surface area contributed by atoms with Gasteiger partial charge >= 0.3 is 0 Å². The molecule has 0 saturated carbocycles. The van der Waals surface area contributed by atoms with Crippen molar-refractivity contribution in [2.75, 3.05) is 13.1 Å². The van der Waals surface area contributed by atoms with Crippen LogP contribution in [0.5, 0.6) is 0 Å². The molecule has 0 aliphatic carbocycles. The number of nitrogens with one attached hydrogen (secondary N) is 2. The summed E-state index contributed by atoms with van der Waals surface area (Å²) in [6.45, 7) is 4.90. The summed E-state index contributed by atoms with van der Waals surface area (Å²) in [5, 5.41) is 9.91. The van der Waals surface area contributed by atoms with Crippen molar-refractivity contribution >= 4 is 5.91 Å². The zero-order valence-electron chi connectivity index (χ0n) is 15.5. The maximum Gasteiger partial charge on any atom is 0.251 e. The van der Waals surface area contributed by atoms with Gasteiger partial charge < -0.3 is 5.32 Å². The number of hydrogen-bond acceptors (Lipinski definition) is 3. The van der Waals surface area contributed by atoms with Crippen molar-refractivity contribution in [1.29, 1.82) is 0 Å². The molecule has 0 spiro atoms. The predicted molar refractivity (Wildman–Crippen MR) is 106 cm³/mol. The van der Waals surface area contributed by atoms with E-state index in [0.717, 1.165) is 37.2 Å². The Kier molecular flexibility index (Phi) is 5.03. The highest BCUT2D eigenvalue weighted by Gasteiger charge is 2.19. The standard InChI is InChI=1S/C22H24N4O/c1-16(14-26-10-9-17-5-2-3-6-20(17)15-26)25-22(27)19-8-4-7-18(11-19)21-12-23-24-13-21/h2-8,11-13,16H,9-10,14-15H2,1H3,(H,23,24)(H,25,27). The Hall–Kier alpha value is -2.92. The Morgan fingerprint density at radius 2 is 2.04 bits per heavy atom. The van der Waals surface area contributed by atoms with Crippen LogP contribution in [-0.4, -0.2) is 40.1 Å². The number of H-pyrrole nitrogens is 1. The number of rotatable bonds is 5. The third-order valence-electron chi connectivity index (χ3n) is 5.08. The molecule has 5 heteroatoms. The maximum atomic E-state index is 12.7. The van der Waals surface area contributed by atoms with Crippen LogP contribution in [0, 0.1) is 0 Å². The number of amides is 1. The number of aromatic nitrogens is 2. The molecule has 1 aliphatic heterocycles. The first kappa shape index (κ1) is 17.5. The van der Waals surface area contributed by atoms with E-state index in [0.29, 0.717) is 5.56 Å². The third-order valence-corrected chi connectivity index (χ3v) is 5.08. The number of fused-ring (bicyclic) bond motifs is 1. The molecule has 0 fully saturated rings. The van der Waals surface area contributed by atoms with Gasteiger partial charge in [0.05, 0.1) is 6.20 Å². The molecule has 2 aromatic carbocycles. The van der Waals surface area contributed by atoms with Crippen molar-refractivity contribution in [2.24, 2.45) is 0 Å². The van der Waals surface area contributed by atoms with Gasteiger partial charge in [-0.25, -0.2) is 0 Å². The fraction of sp³-hybridized carbons (Fsp3) is 0.273. The summed E-state index contributed by atoms with van der Waals surface area (Å²) in [5.74, 6) is -0.0368. The van der Waals surface area contributed by atoms with Crippen LogP contribution in [0.1, 0.15) is 28.4 Å². The fourth-order valence-electron chi connectivity index (χ4n) is 3.70. The number of nitrogens with zero attached hydrogens (tertiary/aromatic N) is 2. The summed E-state index contributed by atoms with van der Waals surface area (Å²) in [6.07, 6.45) is 4.66. The molecule has 1 aliphatic rings. The van der Waals surface area contributed by atoms with E-state index >= 15 is 0 Å². The Morgan fingerprint density at radius 3 is 2.85 bits per heavy atom. The summed E-state index contributed by atoms with van der Waals surface area (Å²) in [7, 11) is 0. The summed E-state index contributed by atoms with van der Waals surface area (Å²) >= 11 is 0. The minimum atomic E-state index is -0.0368. The van der Waals surface area contributed by atoms with Gasteiger partial charge in [0.25, 0.3) is 5.91 Å². The molecule has 138 valence electrons. The van der Waals surface area contributed by atoms with E-state index in [1.165, 1.54) is 11.1 Å². The van der Waals surface area contributed by atoms with Gasteiger partial charge in [-0.15, -0.1) is 0 Å². The first-order chi connectivity index (χ1) is 13.2. The molecule has 0 saturated heterocycles. The largest absolute Gasteiger partial charge is 0.348 e. The fourth-order valence-corrected chi connectivity index (χ4v) is 3.70. The van der Waals surface area contributed by atoms with Crippen LogP contribution in [0.25, 0.3) is 11.1 Å². The highest BCUT2D eigenvalue weighted by molar-refractivity contribution is 5.95. The Bertz CT molecular complexity index is 920. The number of hydrogen-bond donors (Lipinski definition) is 2. The van der Waals surface area contributed by atoms with Crippen molar-refractivity contribution in [3.63, 3.8) is 0 Å². The van der Waals surface area contributed by atoms with Crippen molar-refractivity contribution in [3.05, 3.63) is 77.6 Å². The average Bonchev–Trinajstić information content (AvgIpc) is 3.23. The minimum Gasteiger partial charge on any atom is -0.348 e. The lowest BCUT2D eigenvalue weighted by Gasteiger charge is -2.31. The molecular formula is C22H24N4O. The Labute approximate surface area is 159 Å². The molecule has 3 aromatic rings. The summed E-state index contributed by atoms with van der Waals surface area (Å²) in [5.41, 5.74) is 5.47. The number of benzene rings is 2. The molecule has 2 N–H and O–H groups in total. The third kappa shape index (κ3) is 4.09. The van der Waals surface area contributed by atoms with Crippen LogP contribution in [-0.2, 0) is 13.0 Å². The van der Waals surface area contributed by atoms with Crippen LogP contribution >= 0.6 is 0 Å². The average molecular weight is 360 g/mol. The second-order valence-electron chi connectivity index (χ2n) is 7.20. The van der Waals surface area contributed by atoms with Gasteiger partial charge in [0, 0.05) is 43.0 Å². The number of carbonyl (C=O) groups is 1. The van der Waals surface area contributed by atoms with Gasteiger partial charge in [-0.3, -0.25) is 14.8 Å². The topological polar surface area (TPSA) is 61.0 Å². The number of carbonyl (C=O) groups excluding carboxylic acids is 1. The van der Waals surface area contributed by atoms with Crippen molar-refractivity contribution in [1.82, 2.24) is 20.4 Å². The lowest BCUT2D eigenvalue weighted by molar-refractivity contribution is 0.0927. The van der Waals surface area contributed by atoms with Gasteiger partial charge in [-0.1, -0.05) is 36.4 Å². The van der Waals surface area contributed by atoms with E-state index in [9.17, 15) is 4.79 Å². The molecule has 1 aromatic heterocycles. The molecular weight excluding hydrogens is 336 g/mol. The van der Waals surface area contributed by atoms with Crippen molar-refractivity contribution < 1.29 is 4.79 Å². The van der Waals surface area contributed by atoms with Crippen LogP contribution in [0.4, 0.5) is 0 Å². The summed E-state index contributed by atoms with van der Waals surface area (Å²) in [4.78, 5) is 15.1. The smallest absolute Gasteiger partial charge is 0.251 e. The Morgan fingerprint density at radius 1 is 1.19 bits per heavy atom. The van der Waals surface area contributed by atoms with Crippen LogP contribution in [0.15, 0.2) is 60.9 Å². The van der Waals surface area contributed by atoms with Gasteiger partial charge in [-0.05, 0) is 42.2 Å². The normalized spacial score (nSPS) is 15.1. The molecule has 1 amide bonds. The zero-order valence-corrected chi connectivity index (χ0v) is 15.5. The molecule has 1 unspecified atom stereocenters. The second kappa shape index (κ2) is 7.76. The Balaban J connectivity index is 1.37. The first-order valence-corrected chi connectivity index (χ1v) is 9.38. The SMILES string of the molecule is CC(CN1CCc2ccccc2C1)NC(=O)c1cccc(-c2cn[nH]c2)c1. The molecule has 4 rings (SSSR count). The van der Waals surface area contributed by atoms with Crippen LogP contribution in [0.2, 0.25) is 0 Å². The van der Waals surface area contributed by atoms with E-state index < -0.39 is 0 Å². The quantitative estimate of drug-likeness (QED) is 0.734. The van der Waals surface area contributed by atoms with Crippen LogP contribution < -0.4 is 5.32 Å². The molecule has 5 nitrogen and oxygen atoms in total. The lowest BCUT2D eigenvalue weighted by Crippen LogP contribution is -2.43. The van der Waals surface area contributed by atoms with Crippen molar-refractivity contribution in [2.45, 2.75) is 25.9 Å². The van der Waals surface area contributed by atoms with Crippen LogP contribution in [0.3, 0.4) is 0 Å². The summed E-state index contributed by atoms with van der Waals surface area (Å²) in [6, 6.07) is 16.3. The maximum absolute atomic E-state index is 12.7.